The van der Waals surface area contributed by atoms with Crippen molar-refractivity contribution in [2.24, 2.45) is 0 Å². The highest BCUT2D eigenvalue weighted by atomic mass is 15.0. The minimum absolute atomic E-state index is 0.189. The molecule has 0 atom stereocenters. The van der Waals surface area contributed by atoms with E-state index in [-0.39, 0.29) is 10.8 Å². The number of hydrogen-bond donors (Lipinski definition) is 0. The summed E-state index contributed by atoms with van der Waals surface area (Å²) < 4.78 is 2.46. The maximum atomic E-state index is 2.46. The van der Waals surface area contributed by atoms with Crippen molar-refractivity contribution in [1.82, 2.24) is 0 Å². The molecule has 0 saturated carbocycles. The Morgan fingerprint density at radius 2 is 1.73 bits per heavy atom. The first kappa shape index (κ1) is 15.3. The van der Waals surface area contributed by atoms with Crippen molar-refractivity contribution < 1.29 is 4.57 Å². The Hall–Kier alpha value is -1.63. The second kappa shape index (κ2) is 5.22. The van der Waals surface area contributed by atoms with Gasteiger partial charge in [-0.2, -0.15) is 4.57 Å². The van der Waals surface area contributed by atoms with E-state index in [1.165, 1.54) is 35.2 Å². The monoisotopic (exact) mass is 294 g/mol. The standard InChI is InChI=1S/C21H28N/c1-6-21(7-2)15-22-13-12-16(20(3,4)5)14-19(22)17-10-8-9-11-18(17)21/h8-14H,6-7,15H2,1-5H3/q+1. The fourth-order valence-electron chi connectivity index (χ4n) is 3.80. The molecule has 0 fully saturated rings. The van der Waals surface area contributed by atoms with E-state index in [1.807, 2.05) is 0 Å². The number of aromatic nitrogens is 1. The molecule has 0 aliphatic carbocycles. The third-order valence-corrected chi connectivity index (χ3v) is 5.50. The summed E-state index contributed by atoms with van der Waals surface area (Å²) in [5.41, 5.74) is 6.20. The third kappa shape index (κ3) is 2.27. The SMILES string of the molecule is CCC1(CC)C[n+]2ccc(C(C)(C)C)cc2-c2ccccc21. The smallest absolute Gasteiger partial charge is 0.197 e. The molecule has 2 heterocycles. The number of pyridine rings is 1. The van der Waals surface area contributed by atoms with Gasteiger partial charge in [-0.15, -0.1) is 0 Å². The number of nitrogens with zero attached hydrogens (tertiary/aromatic N) is 1. The quantitative estimate of drug-likeness (QED) is 0.685. The largest absolute Gasteiger partial charge is 0.213 e. The van der Waals surface area contributed by atoms with Crippen molar-refractivity contribution in [2.45, 2.75) is 64.8 Å². The molecule has 0 saturated heterocycles. The molecule has 0 radical (unpaired) electrons. The topological polar surface area (TPSA) is 3.88 Å². The van der Waals surface area contributed by atoms with Crippen LogP contribution in [0.2, 0.25) is 0 Å². The number of fused-ring (bicyclic) bond motifs is 3. The van der Waals surface area contributed by atoms with Crippen molar-refractivity contribution in [3.05, 3.63) is 53.7 Å². The predicted molar refractivity (Wildman–Crippen MR) is 93.0 cm³/mol. The first-order chi connectivity index (χ1) is 10.4. The van der Waals surface area contributed by atoms with Gasteiger partial charge in [0.25, 0.3) is 0 Å². The van der Waals surface area contributed by atoms with Crippen LogP contribution >= 0.6 is 0 Å². The van der Waals surface area contributed by atoms with E-state index in [1.54, 1.807) is 0 Å². The van der Waals surface area contributed by atoms with Crippen LogP contribution < -0.4 is 4.57 Å². The molecule has 0 spiro atoms. The molecule has 116 valence electrons. The van der Waals surface area contributed by atoms with E-state index in [0.717, 1.165) is 6.54 Å². The average molecular weight is 294 g/mol. The fourth-order valence-corrected chi connectivity index (χ4v) is 3.80. The van der Waals surface area contributed by atoms with Crippen molar-refractivity contribution in [2.75, 3.05) is 0 Å². The van der Waals surface area contributed by atoms with E-state index >= 15 is 0 Å². The Labute approximate surface area is 135 Å². The van der Waals surface area contributed by atoms with Crippen LogP contribution in [0.4, 0.5) is 0 Å². The van der Waals surface area contributed by atoms with Gasteiger partial charge in [-0.25, -0.2) is 0 Å². The molecule has 1 aliphatic heterocycles. The van der Waals surface area contributed by atoms with Gasteiger partial charge in [0.2, 0.25) is 5.69 Å². The molecule has 1 aliphatic rings. The first-order valence-electron chi connectivity index (χ1n) is 8.55. The van der Waals surface area contributed by atoms with Crippen LogP contribution in [-0.4, -0.2) is 0 Å². The maximum absolute atomic E-state index is 2.46. The van der Waals surface area contributed by atoms with E-state index in [0.29, 0.717) is 0 Å². The zero-order valence-corrected chi connectivity index (χ0v) is 14.6. The third-order valence-electron chi connectivity index (χ3n) is 5.50. The van der Waals surface area contributed by atoms with Crippen LogP contribution in [0, 0.1) is 0 Å². The molecular weight excluding hydrogens is 266 g/mol. The second-order valence-corrected chi connectivity index (χ2v) is 7.71. The molecule has 0 unspecified atom stereocenters. The minimum Gasteiger partial charge on any atom is -0.197 e. The fraction of sp³-hybridized carbons (Fsp3) is 0.476. The molecule has 1 heteroatoms. The molecule has 0 N–H and O–H groups in total. The molecule has 0 bridgehead atoms. The molecule has 2 aromatic rings. The van der Waals surface area contributed by atoms with Gasteiger partial charge >= 0.3 is 0 Å². The minimum atomic E-state index is 0.189. The summed E-state index contributed by atoms with van der Waals surface area (Å²) in [5, 5.41) is 0. The molecular formula is C21H28N+. The average Bonchev–Trinajstić information content (AvgIpc) is 2.52. The van der Waals surface area contributed by atoms with E-state index in [4.69, 9.17) is 0 Å². The van der Waals surface area contributed by atoms with Crippen LogP contribution in [0.25, 0.3) is 11.3 Å². The van der Waals surface area contributed by atoms with Crippen LogP contribution in [-0.2, 0) is 17.4 Å². The van der Waals surface area contributed by atoms with Gasteiger partial charge in [0.05, 0.1) is 11.0 Å². The molecule has 22 heavy (non-hydrogen) atoms. The summed E-state index contributed by atoms with van der Waals surface area (Å²) in [4.78, 5) is 0. The van der Waals surface area contributed by atoms with Gasteiger partial charge < -0.3 is 0 Å². The van der Waals surface area contributed by atoms with Gasteiger partial charge in [0.1, 0.15) is 0 Å². The number of hydrogen-bond acceptors (Lipinski definition) is 0. The summed E-state index contributed by atoms with van der Waals surface area (Å²) >= 11 is 0. The highest BCUT2D eigenvalue weighted by Crippen LogP contribution is 2.41. The Morgan fingerprint density at radius 3 is 2.36 bits per heavy atom. The van der Waals surface area contributed by atoms with E-state index in [2.05, 4.69) is 81.8 Å². The van der Waals surface area contributed by atoms with Gasteiger partial charge in [-0.1, -0.05) is 52.8 Å². The lowest BCUT2D eigenvalue weighted by atomic mass is 9.71. The molecule has 1 aromatic carbocycles. The molecule has 1 aromatic heterocycles. The Kier molecular flexibility index (Phi) is 3.63. The van der Waals surface area contributed by atoms with Crippen LogP contribution in [0.15, 0.2) is 42.6 Å². The highest BCUT2D eigenvalue weighted by molar-refractivity contribution is 5.65. The normalized spacial score (nSPS) is 16.0. The highest BCUT2D eigenvalue weighted by Gasteiger charge is 2.41. The van der Waals surface area contributed by atoms with Crippen molar-refractivity contribution in [3.8, 4) is 11.3 Å². The maximum Gasteiger partial charge on any atom is 0.213 e. The number of rotatable bonds is 2. The summed E-state index contributed by atoms with van der Waals surface area (Å²) in [7, 11) is 0. The molecule has 3 rings (SSSR count). The van der Waals surface area contributed by atoms with Crippen molar-refractivity contribution >= 4 is 0 Å². The Bertz CT molecular complexity index is 687. The first-order valence-corrected chi connectivity index (χ1v) is 8.55. The second-order valence-electron chi connectivity index (χ2n) is 7.71. The van der Waals surface area contributed by atoms with E-state index in [9.17, 15) is 0 Å². The van der Waals surface area contributed by atoms with Gasteiger partial charge in [-0.3, -0.25) is 0 Å². The van der Waals surface area contributed by atoms with Gasteiger partial charge in [-0.05, 0) is 35.4 Å². The molecule has 1 nitrogen and oxygen atoms in total. The zero-order chi connectivity index (χ0) is 16.0. The predicted octanol–water partition coefficient (Wildman–Crippen LogP) is 5.01. The lowest BCUT2D eigenvalue weighted by Crippen LogP contribution is -2.50. The van der Waals surface area contributed by atoms with Crippen molar-refractivity contribution in [3.63, 3.8) is 0 Å². The zero-order valence-electron chi connectivity index (χ0n) is 14.6. The Balaban J connectivity index is 2.24. The summed E-state index contributed by atoms with van der Waals surface area (Å²) in [6, 6.07) is 13.7. The summed E-state index contributed by atoms with van der Waals surface area (Å²) in [6.45, 7) is 12.6. The van der Waals surface area contributed by atoms with Crippen LogP contribution in [0.3, 0.4) is 0 Å². The summed E-state index contributed by atoms with van der Waals surface area (Å²) in [5.74, 6) is 0. The van der Waals surface area contributed by atoms with Gasteiger partial charge in [0, 0.05) is 12.1 Å². The lowest BCUT2D eigenvalue weighted by Gasteiger charge is -2.35. The van der Waals surface area contributed by atoms with Crippen LogP contribution in [0.5, 0.6) is 0 Å². The van der Waals surface area contributed by atoms with E-state index < -0.39 is 0 Å². The van der Waals surface area contributed by atoms with Crippen molar-refractivity contribution in [1.29, 1.82) is 0 Å². The lowest BCUT2D eigenvalue weighted by molar-refractivity contribution is -0.697. The molecule has 0 amide bonds. The van der Waals surface area contributed by atoms with Gasteiger partial charge in [0.15, 0.2) is 12.7 Å². The Morgan fingerprint density at radius 1 is 1.05 bits per heavy atom. The number of benzene rings is 1. The van der Waals surface area contributed by atoms with Crippen LogP contribution in [0.1, 0.15) is 58.6 Å². The summed E-state index contributed by atoms with van der Waals surface area (Å²) in [6.07, 6.45) is 4.67.